The lowest BCUT2D eigenvalue weighted by Crippen LogP contribution is -2.04. The number of nitrogens with one attached hydrogen (secondary N) is 2. The second kappa shape index (κ2) is 7.00. The molecule has 25 heavy (non-hydrogen) atoms. The standard InChI is InChI=1S/C17H17N5O3/c1-10-7-14(19-13-6-4-5-12(9-13)16(23)24-3)20-17(18-10)21-15-8-11(2)25-22-15/h4-9H,1-3H3,(H2,18,19,20,21,22). The molecule has 128 valence electrons. The van der Waals surface area contributed by atoms with Gasteiger partial charge in [0.1, 0.15) is 11.6 Å². The Balaban J connectivity index is 1.82. The molecule has 2 heterocycles. The van der Waals surface area contributed by atoms with Gasteiger partial charge >= 0.3 is 5.97 Å². The highest BCUT2D eigenvalue weighted by atomic mass is 16.5. The van der Waals surface area contributed by atoms with Crippen LogP contribution in [-0.4, -0.2) is 28.2 Å². The molecule has 0 saturated carbocycles. The number of hydrogen-bond acceptors (Lipinski definition) is 8. The van der Waals surface area contributed by atoms with Crippen molar-refractivity contribution >= 4 is 29.2 Å². The van der Waals surface area contributed by atoms with Crippen molar-refractivity contribution < 1.29 is 14.1 Å². The lowest BCUT2D eigenvalue weighted by Gasteiger charge is -2.09. The van der Waals surface area contributed by atoms with Crippen LogP contribution in [0, 0.1) is 13.8 Å². The van der Waals surface area contributed by atoms with E-state index in [1.807, 2.05) is 13.0 Å². The number of methoxy groups -OCH3 is 1. The van der Waals surface area contributed by atoms with Crippen LogP contribution in [0.3, 0.4) is 0 Å². The topological polar surface area (TPSA) is 102 Å². The van der Waals surface area contributed by atoms with Gasteiger partial charge in [0.25, 0.3) is 0 Å². The van der Waals surface area contributed by atoms with Crippen molar-refractivity contribution in [3.05, 3.63) is 53.4 Å². The smallest absolute Gasteiger partial charge is 0.337 e. The van der Waals surface area contributed by atoms with Crippen LogP contribution in [-0.2, 0) is 4.74 Å². The molecule has 0 bridgehead atoms. The van der Waals surface area contributed by atoms with Gasteiger partial charge in [-0.2, -0.15) is 4.98 Å². The summed E-state index contributed by atoms with van der Waals surface area (Å²) in [4.78, 5) is 20.3. The number of anilines is 4. The predicted molar refractivity (Wildman–Crippen MR) is 92.4 cm³/mol. The fourth-order valence-corrected chi connectivity index (χ4v) is 2.22. The molecule has 1 aromatic carbocycles. The third-order valence-electron chi connectivity index (χ3n) is 3.28. The van der Waals surface area contributed by atoms with Crippen LogP contribution in [0.1, 0.15) is 21.8 Å². The maximum Gasteiger partial charge on any atom is 0.337 e. The molecule has 0 fully saturated rings. The van der Waals surface area contributed by atoms with Crippen molar-refractivity contribution in [3.8, 4) is 0 Å². The van der Waals surface area contributed by atoms with Gasteiger partial charge in [-0.05, 0) is 32.0 Å². The zero-order valence-electron chi connectivity index (χ0n) is 14.0. The Hall–Kier alpha value is -3.42. The summed E-state index contributed by atoms with van der Waals surface area (Å²) < 4.78 is 9.74. The molecule has 3 rings (SSSR count). The first kappa shape index (κ1) is 16.4. The number of aromatic nitrogens is 3. The van der Waals surface area contributed by atoms with E-state index in [4.69, 9.17) is 9.26 Å². The molecule has 0 aliphatic rings. The van der Waals surface area contributed by atoms with Crippen molar-refractivity contribution in [1.29, 1.82) is 0 Å². The lowest BCUT2D eigenvalue weighted by atomic mass is 10.2. The van der Waals surface area contributed by atoms with Crippen molar-refractivity contribution in [2.24, 2.45) is 0 Å². The molecular weight excluding hydrogens is 322 g/mol. The van der Waals surface area contributed by atoms with Gasteiger partial charge in [-0.3, -0.25) is 0 Å². The Morgan fingerprint density at radius 1 is 1.08 bits per heavy atom. The van der Waals surface area contributed by atoms with Crippen molar-refractivity contribution in [1.82, 2.24) is 15.1 Å². The summed E-state index contributed by atoms with van der Waals surface area (Å²) in [5, 5.41) is 10.00. The average molecular weight is 339 g/mol. The summed E-state index contributed by atoms with van der Waals surface area (Å²) in [6.07, 6.45) is 0. The Morgan fingerprint density at radius 3 is 2.64 bits per heavy atom. The minimum Gasteiger partial charge on any atom is -0.465 e. The van der Waals surface area contributed by atoms with Crippen LogP contribution >= 0.6 is 0 Å². The highest BCUT2D eigenvalue weighted by Crippen LogP contribution is 2.20. The summed E-state index contributed by atoms with van der Waals surface area (Å²) in [5.41, 5.74) is 1.93. The molecule has 0 aliphatic heterocycles. The second-order valence-corrected chi connectivity index (χ2v) is 5.36. The highest BCUT2D eigenvalue weighted by molar-refractivity contribution is 5.90. The largest absolute Gasteiger partial charge is 0.465 e. The number of carbonyl (C=O) groups excluding carboxylic acids is 1. The first-order valence-corrected chi connectivity index (χ1v) is 7.55. The molecule has 0 saturated heterocycles. The van der Waals surface area contributed by atoms with Gasteiger partial charge in [0.2, 0.25) is 5.95 Å². The highest BCUT2D eigenvalue weighted by Gasteiger charge is 2.08. The van der Waals surface area contributed by atoms with Gasteiger partial charge in [0.05, 0.1) is 12.7 Å². The zero-order valence-corrected chi connectivity index (χ0v) is 14.0. The third kappa shape index (κ3) is 4.11. The number of hydrogen-bond donors (Lipinski definition) is 2. The number of ether oxygens (including phenoxy) is 1. The molecule has 2 N–H and O–H groups in total. The van der Waals surface area contributed by atoms with Gasteiger partial charge in [0.15, 0.2) is 5.82 Å². The van der Waals surface area contributed by atoms with Crippen LogP contribution in [0.15, 0.2) is 40.9 Å². The minimum absolute atomic E-state index is 0.389. The monoisotopic (exact) mass is 339 g/mol. The fourth-order valence-electron chi connectivity index (χ4n) is 2.22. The van der Waals surface area contributed by atoms with E-state index in [2.05, 4.69) is 25.8 Å². The Morgan fingerprint density at radius 2 is 1.92 bits per heavy atom. The van der Waals surface area contributed by atoms with Crippen LogP contribution < -0.4 is 10.6 Å². The quantitative estimate of drug-likeness (QED) is 0.682. The van der Waals surface area contributed by atoms with E-state index in [-0.39, 0.29) is 0 Å². The molecule has 0 aliphatic carbocycles. The molecule has 0 radical (unpaired) electrons. The maximum absolute atomic E-state index is 11.6. The molecule has 8 nitrogen and oxygen atoms in total. The van der Waals surface area contributed by atoms with E-state index in [0.29, 0.717) is 34.6 Å². The molecule has 0 amide bonds. The van der Waals surface area contributed by atoms with Gasteiger partial charge in [-0.1, -0.05) is 11.2 Å². The van der Waals surface area contributed by atoms with Crippen LogP contribution in [0.5, 0.6) is 0 Å². The predicted octanol–water partition coefficient (Wildman–Crippen LogP) is 3.36. The number of rotatable bonds is 5. The van der Waals surface area contributed by atoms with Gasteiger partial charge in [0, 0.05) is 23.5 Å². The molecule has 0 atom stereocenters. The van der Waals surface area contributed by atoms with Gasteiger partial charge in [-0.15, -0.1) is 0 Å². The molecular formula is C17H17N5O3. The summed E-state index contributed by atoms with van der Waals surface area (Å²) in [7, 11) is 1.35. The fraction of sp³-hybridized carbons (Fsp3) is 0.176. The molecule has 2 aromatic heterocycles. The van der Waals surface area contributed by atoms with Crippen LogP contribution in [0.4, 0.5) is 23.3 Å². The van der Waals surface area contributed by atoms with E-state index in [1.54, 1.807) is 37.3 Å². The Labute approximate surface area is 144 Å². The van der Waals surface area contributed by atoms with Crippen molar-refractivity contribution in [2.45, 2.75) is 13.8 Å². The van der Waals surface area contributed by atoms with Crippen molar-refractivity contribution in [3.63, 3.8) is 0 Å². The van der Waals surface area contributed by atoms with E-state index in [9.17, 15) is 4.79 Å². The Bertz CT molecular complexity index is 907. The van der Waals surface area contributed by atoms with E-state index in [0.717, 1.165) is 5.69 Å². The normalized spacial score (nSPS) is 10.4. The first-order valence-electron chi connectivity index (χ1n) is 7.55. The van der Waals surface area contributed by atoms with Gasteiger partial charge in [-0.25, -0.2) is 9.78 Å². The van der Waals surface area contributed by atoms with Crippen molar-refractivity contribution in [2.75, 3.05) is 17.7 Å². The number of benzene rings is 1. The molecule has 0 unspecified atom stereocenters. The summed E-state index contributed by atoms with van der Waals surface area (Å²) in [6.45, 7) is 3.66. The number of aryl methyl sites for hydroxylation is 2. The van der Waals surface area contributed by atoms with E-state index in [1.165, 1.54) is 7.11 Å². The number of carbonyl (C=O) groups is 1. The average Bonchev–Trinajstić information content (AvgIpc) is 2.98. The minimum atomic E-state index is -0.397. The SMILES string of the molecule is COC(=O)c1cccc(Nc2cc(C)nc(Nc3cc(C)on3)n2)c1. The number of nitrogens with zero attached hydrogens (tertiary/aromatic N) is 3. The van der Waals surface area contributed by atoms with Gasteiger partial charge < -0.3 is 19.9 Å². The van der Waals surface area contributed by atoms with Crippen LogP contribution in [0.25, 0.3) is 0 Å². The zero-order chi connectivity index (χ0) is 17.8. The summed E-state index contributed by atoms with van der Waals surface area (Å²) >= 11 is 0. The first-order chi connectivity index (χ1) is 12.0. The summed E-state index contributed by atoms with van der Waals surface area (Å²) in [6, 6.07) is 10.5. The second-order valence-electron chi connectivity index (χ2n) is 5.36. The number of esters is 1. The third-order valence-corrected chi connectivity index (χ3v) is 3.28. The maximum atomic E-state index is 11.6. The Kier molecular flexibility index (Phi) is 4.60. The lowest BCUT2D eigenvalue weighted by molar-refractivity contribution is 0.0601. The van der Waals surface area contributed by atoms with E-state index >= 15 is 0 Å². The molecule has 8 heteroatoms. The summed E-state index contributed by atoms with van der Waals surface area (Å²) in [5.74, 6) is 1.79. The van der Waals surface area contributed by atoms with E-state index < -0.39 is 5.97 Å². The van der Waals surface area contributed by atoms with Crippen LogP contribution in [0.2, 0.25) is 0 Å². The molecule has 3 aromatic rings. The molecule has 0 spiro atoms.